The summed E-state index contributed by atoms with van der Waals surface area (Å²) < 4.78 is 16.8. The Labute approximate surface area is 216 Å². The van der Waals surface area contributed by atoms with E-state index in [2.05, 4.69) is 0 Å². The maximum atomic E-state index is 13.3. The van der Waals surface area contributed by atoms with Crippen LogP contribution in [0.15, 0.2) is 72.3 Å². The highest BCUT2D eigenvalue weighted by atomic mass is 16.5. The summed E-state index contributed by atoms with van der Waals surface area (Å²) in [6.45, 7) is 4.55. The SMILES string of the molecule is COCCN1C(=O)C(=O)/C(=C(/O)c2cc(C)cc(C)c2OC)C1c1cccc(OCc2ccccc2)c1. The summed E-state index contributed by atoms with van der Waals surface area (Å²) in [6, 6.07) is 19.9. The molecule has 1 amide bonds. The van der Waals surface area contributed by atoms with Gasteiger partial charge in [-0.3, -0.25) is 9.59 Å². The van der Waals surface area contributed by atoms with E-state index in [9.17, 15) is 14.7 Å². The average Bonchev–Trinajstić information content (AvgIpc) is 3.15. The Morgan fingerprint density at radius 3 is 2.43 bits per heavy atom. The van der Waals surface area contributed by atoms with Crippen LogP contribution in [0.25, 0.3) is 5.76 Å². The van der Waals surface area contributed by atoms with Crippen molar-refractivity contribution in [2.75, 3.05) is 27.4 Å². The predicted molar refractivity (Wildman–Crippen MR) is 141 cm³/mol. The molecule has 1 atom stereocenters. The topological polar surface area (TPSA) is 85.3 Å². The number of amides is 1. The van der Waals surface area contributed by atoms with Crippen LogP contribution in [-0.2, 0) is 20.9 Å². The monoisotopic (exact) mass is 501 g/mol. The fourth-order valence-electron chi connectivity index (χ4n) is 4.71. The summed E-state index contributed by atoms with van der Waals surface area (Å²) in [4.78, 5) is 27.9. The quantitative estimate of drug-likeness (QED) is 0.253. The Hall–Kier alpha value is -4.10. The van der Waals surface area contributed by atoms with Crippen molar-refractivity contribution in [1.82, 2.24) is 4.90 Å². The van der Waals surface area contributed by atoms with Gasteiger partial charge in [0.15, 0.2) is 0 Å². The number of likely N-dealkylation sites (tertiary alicyclic amines) is 1. The lowest BCUT2D eigenvalue weighted by Gasteiger charge is -2.25. The summed E-state index contributed by atoms with van der Waals surface area (Å²) in [6.07, 6.45) is 0. The molecule has 0 aliphatic carbocycles. The number of ether oxygens (including phenoxy) is 3. The first-order chi connectivity index (χ1) is 17.8. The number of aryl methyl sites for hydroxylation is 2. The van der Waals surface area contributed by atoms with Crippen molar-refractivity contribution < 1.29 is 28.9 Å². The number of ketones is 1. The van der Waals surface area contributed by atoms with Gasteiger partial charge in [0.25, 0.3) is 11.7 Å². The molecule has 7 nitrogen and oxygen atoms in total. The lowest BCUT2D eigenvalue weighted by atomic mass is 9.93. The van der Waals surface area contributed by atoms with Crippen molar-refractivity contribution in [1.29, 1.82) is 0 Å². The number of hydrogen-bond acceptors (Lipinski definition) is 6. The fourth-order valence-corrected chi connectivity index (χ4v) is 4.71. The zero-order chi connectivity index (χ0) is 26.5. The van der Waals surface area contributed by atoms with Crippen LogP contribution in [0.5, 0.6) is 11.5 Å². The van der Waals surface area contributed by atoms with E-state index in [4.69, 9.17) is 14.2 Å². The van der Waals surface area contributed by atoms with Crippen molar-refractivity contribution >= 4 is 17.4 Å². The van der Waals surface area contributed by atoms with Gasteiger partial charge in [0.05, 0.1) is 30.9 Å². The van der Waals surface area contributed by atoms with Crippen molar-refractivity contribution in [3.05, 3.63) is 100 Å². The number of benzene rings is 3. The highest BCUT2D eigenvalue weighted by molar-refractivity contribution is 6.46. The van der Waals surface area contributed by atoms with Gasteiger partial charge in [-0.25, -0.2) is 0 Å². The maximum Gasteiger partial charge on any atom is 0.295 e. The highest BCUT2D eigenvalue weighted by Gasteiger charge is 2.46. The van der Waals surface area contributed by atoms with Crippen LogP contribution >= 0.6 is 0 Å². The van der Waals surface area contributed by atoms with Crippen molar-refractivity contribution in [3.63, 3.8) is 0 Å². The van der Waals surface area contributed by atoms with Crippen LogP contribution in [0.3, 0.4) is 0 Å². The Morgan fingerprint density at radius 2 is 1.73 bits per heavy atom. The lowest BCUT2D eigenvalue weighted by molar-refractivity contribution is -0.140. The summed E-state index contributed by atoms with van der Waals surface area (Å²) in [7, 11) is 3.04. The van der Waals surface area contributed by atoms with Crippen LogP contribution in [0.4, 0.5) is 0 Å². The van der Waals surface area contributed by atoms with Crippen LogP contribution in [0, 0.1) is 13.8 Å². The van der Waals surface area contributed by atoms with E-state index in [0.29, 0.717) is 29.2 Å². The molecule has 1 N–H and O–H groups in total. The number of methoxy groups -OCH3 is 2. The van der Waals surface area contributed by atoms with Crippen LogP contribution in [0.1, 0.15) is 33.9 Å². The normalized spacial score (nSPS) is 16.8. The van der Waals surface area contributed by atoms with Gasteiger partial charge in [0, 0.05) is 13.7 Å². The van der Waals surface area contributed by atoms with E-state index < -0.39 is 17.7 Å². The molecule has 192 valence electrons. The van der Waals surface area contributed by atoms with Crippen LogP contribution in [0.2, 0.25) is 0 Å². The summed E-state index contributed by atoms with van der Waals surface area (Å²) in [5, 5.41) is 11.5. The summed E-state index contributed by atoms with van der Waals surface area (Å²) in [5.74, 6) is -0.687. The molecule has 0 radical (unpaired) electrons. The number of nitrogens with zero attached hydrogens (tertiary/aromatic N) is 1. The molecule has 0 bridgehead atoms. The molecule has 1 aliphatic heterocycles. The maximum absolute atomic E-state index is 13.3. The van der Waals surface area contributed by atoms with Gasteiger partial charge in [-0.05, 0) is 54.3 Å². The number of rotatable bonds is 9. The van der Waals surface area contributed by atoms with Gasteiger partial charge in [0.2, 0.25) is 0 Å². The molecule has 1 fully saturated rings. The third kappa shape index (κ3) is 5.37. The summed E-state index contributed by atoms with van der Waals surface area (Å²) >= 11 is 0. The Bertz CT molecular complexity index is 1330. The zero-order valence-electron chi connectivity index (χ0n) is 21.5. The summed E-state index contributed by atoms with van der Waals surface area (Å²) in [5.41, 5.74) is 3.73. The molecular formula is C30H31NO6. The highest BCUT2D eigenvalue weighted by Crippen LogP contribution is 2.42. The predicted octanol–water partition coefficient (Wildman–Crippen LogP) is 4.96. The lowest BCUT2D eigenvalue weighted by Crippen LogP contribution is -2.32. The van der Waals surface area contributed by atoms with Crippen molar-refractivity contribution in [2.45, 2.75) is 26.5 Å². The second-order valence-corrected chi connectivity index (χ2v) is 8.99. The molecule has 0 spiro atoms. The number of aliphatic hydroxyl groups excluding tert-OH is 1. The average molecular weight is 502 g/mol. The van der Waals surface area contributed by atoms with Gasteiger partial charge < -0.3 is 24.2 Å². The molecule has 3 aromatic carbocycles. The molecule has 7 heteroatoms. The first-order valence-corrected chi connectivity index (χ1v) is 12.0. The van der Waals surface area contributed by atoms with Crippen molar-refractivity contribution in [2.24, 2.45) is 0 Å². The van der Waals surface area contributed by atoms with E-state index >= 15 is 0 Å². The third-order valence-corrected chi connectivity index (χ3v) is 6.38. The molecule has 1 unspecified atom stereocenters. The minimum atomic E-state index is -0.819. The van der Waals surface area contributed by atoms with E-state index in [0.717, 1.165) is 16.7 Å². The number of carbonyl (C=O) groups excluding carboxylic acids is 2. The van der Waals surface area contributed by atoms with E-state index in [-0.39, 0.29) is 24.5 Å². The van der Waals surface area contributed by atoms with Crippen LogP contribution in [-0.4, -0.2) is 49.1 Å². The minimum absolute atomic E-state index is 0.00427. The molecule has 1 aliphatic rings. The number of hydrogen-bond donors (Lipinski definition) is 1. The first kappa shape index (κ1) is 26.0. The fraction of sp³-hybridized carbons (Fsp3) is 0.267. The number of Topliss-reactive ketones (excluding diaryl/α,β-unsaturated/α-hetero) is 1. The van der Waals surface area contributed by atoms with E-state index in [1.54, 1.807) is 12.1 Å². The molecule has 1 heterocycles. The Morgan fingerprint density at radius 1 is 0.973 bits per heavy atom. The Kier molecular flexibility index (Phi) is 7.94. The van der Waals surface area contributed by atoms with Crippen molar-refractivity contribution in [3.8, 4) is 11.5 Å². The molecule has 0 saturated carbocycles. The standard InChI is InChI=1S/C30H31NO6/c1-19-15-20(2)29(36-4)24(16-19)27(32)25-26(31(13-14-35-3)30(34)28(25)33)22-11-8-12-23(17-22)37-18-21-9-6-5-7-10-21/h5-12,15-17,26,32H,13-14,18H2,1-4H3/b27-25+. The minimum Gasteiger partial charge on any atom is -0.507 e. The Balaban J connectivity index is 1.81. The molecular weight excluding hydrogens is 470 g/mol. The van der Waals surface area contributed by atoms with Gasteiger partial charge >= 0.3 is 0 Å². The first-order valence-electron chi connectivity index (χ1n) is 12.0. The molecule has 37 heavy (non-hydrogen) atoms. The number of aliphatic hydroxyl groups is 1. The zero-order valence-corrected chi connectivity index (χ0v) is 21.5. The third-order valence-electron chi connectivity index (χ3n) is 6.38. The molecule has 3 aromatic rings. The molecule has 4 rings (SSSR count). The van der Waals surface area contributed by atoms with Gasteiger partial charge in [-0.2, -0.15) is 0 Å². The number of carbonyl (C=O) groups is 2. The van der Waals surface area contributed by atoms with E-state index in [1.165, 1.54) is 19.1 Å². The van der Waals surface area contributed by atoms with Crippen LogP contribution < -0.4 is 9.47 Å². The second-order valence-electron chi connectivity index (χ2n) is 8.99. The van der Waals surface area contributed by atoms with E-state index in [1.807, 2.05) is 68.4 Å². The largest absolute Gasteiger partial charge is 0.507 e. The molecule has 1 saturated heterocycles. The molecule has 0 aromatic heterocycles. The van der Waals surface area contributed by atoms with Gasteiger partial charge in [0.1, 0.15) is 23.9 Å². The second kappa shape index (κ2) is 11.3. The van der Waals surface area contributed by atoms with Gasteiger partial charge in [-0.15, -0.1) is 0 Å². The van der Waals surface area contributed by atoms with Gasteiger partial charge in [-0.1, -0.05) is 48.5 Å². The smallest absolute Gasteiger partial charge is 0.295 e.